The number of hydrogen-bond donors (Lipinski definition) is 1. The van der Waals surface area contributed by atoms with Gasteiger partial charge in [-0.25, -0.2) is 0 Å². The maximum Gasteiger partial charge on any atom is 0.242 e. The molecule has 0 spiro atoms. The van der Waals surface area contributed by atoms with Crippen molar-refractivity contribution in [1.82, 2.24) is 10.2 Å². The molecule has 0 bridgehead atoms. The average Bonchev–Trinajstić information content (AvgIpc) is 3.33. The lowest BCUT2D eigenvalue weighted by Gasteiger charge is -2.30. The molecule has 33 heavy (non-hydrogen) atoms. The summed E-state index contributed by atoms with van der Waals surface area (Å²) in [4.78, 5) is 27.9. The van der Waals surface area contributed by atoms with Crippen LogP contribution in [0, 0.1) is 0 Å². The molecule has 0 heterocycles. The molecule has 2 amide bonds. The Morgan fingerprint density at radius 3 is 2.45 bits per heavy atom. The summed E-state index contributed by atoms with van der Waals surface area (Å²) in [5.74, 6) is 1.08. The third-order valence-electron chi connectivity index (χ3n) is 6.19. The van der Waals surface area contributed by atoms with Gasteiger partial charge in [-0.3, -0.25) is 9.59 Å². The molecule has 1 saturated carbocycles. The van der Waals surface area contributed by atoms with Crippen molar-refractivity contribution >= 4 is 23.4 Å². The summed E-state index contributed by atoms with van der Waals surface area (Å²) in [6.45, 7) is 2.12. The first kappa shape index (κ1) is 24.9. The van der Waals surface area contributed by atoms with Crippen molar-refractivity contribution in [3.05, 3.63) is 58.6 Å². The fourth-order valence-corrected chi connectivity index (χ4v) is 4.45. The number of hydrogen-bond acceptors (Lipinski definition) is 4. The van der Waals surface area contributed by atoms with Crippen LogP contribution in [0.4, 0.5) is 0 Å². The van der Waals surface area contributed by atoms with E-state index in [-0.39, 0.29) is 24.3 Å². The van der Waals surface area contributed by atoms with E-state index in [4.69, 9.17) is 21.1 Å². The predicted octanol–water partition coefficient (Wildman–Crippen LogP) is 4.77. The Bertz CT molecular complexity index is 959. The van der Waals surface area contributed by atoms with Gasteiger partial charge in [0.15, 0.2) is 11.5 Å². The third-order valence-corrected chi connectivity index (χ3v) is 6.42. The molecule has 0 radical (unpaired) electrons. The van der Waals surface area contributed by atoms with Gasteiger partial charge in [0.2, 0.25) is 11.8 Å². The summed E-state index contributed by atoms with van der Waals surface area (Å²) >= 11 is 6.15. The van der Waals surface area contributed by atoms with Gasteiger partial charge in [-0.2, -0.15) is 0 Å². The van der Waals surface area contributed by atoms with Crippen molar-refractivity contribution in [2.75, 3.05) is 14.2 Å². The molecular weight excluding hydrogens is 440 g/mol. The summed E-state index contributed by atoms with van der Waals surface area (Å²) in [5.41, 5.74) is 1.86. The van der Waals surface area contributed by atoms with Gasteiger partial charge < -0.3 is 19.7 Å². The highest BCUT2D eigenvalue weighted by Crippen LogP contribution is 2.28. The van der Waals surface area contributed by atoms with Crippen LogP contribution < -0.4 is 14.8 Å². The number of carbonyl (C=O) groups is 2. The lowest BCUT2D eigenvalue weighted by molar-refractivity contribution is -0.140. The number of benzene rings is 2. The van der Waals surface area contributed by atoms with Crippen LogP contribution in [0.2, 0.25) is 5.02 Å². The normalized spacial score (nSPS) is 14.5. The molecule has 0 aliphatic heterocycles. The van der Waals surface area contributed by atoms with Crippen molar-refractivity contribution in [2.45, 2.75) is 64.1 Å². The van der Waals surface area contributed by atoms with E-state index in [1.54, 1.807) is 32.1 Å². The highest BCUT2D eigenvalue weighted by Gasteiger charge is 2.28. The summed E-state index contributed by atoms with van der Waals surface area (Å²) < 4.78 is 10.7. The van der Waals surface area contributed by atoms with Gasteiger partial charge in [-0.1, -0.05) is 42.6 Å². The summed E-state index contributed by atoms with van der Waals surface area (Å²) in [7, 11) is 3.18. The second kappa shape index (κ2) is 11.9. The number of nitrogens with zero attached hydrogens (tertiary/aromatic N) is 1. The molecule has 1 unspecified atom stereocenters. The monoisotopic (exact) mass is 472 g/mol. The van der Waals surface area contributed by atoms with Crippen molar-refractivity contribution < 1.29 is 19.1 Å². The number of carbonyl (C=O) groups excluding carboxylic acids is 2. The second-order valence-electron chi connectivity index (χ2n) is 8.51. The smallest absolute Gasteiger partial charge is 0.242 e. The first-order valence-corrected chi connectivity index (χ1v) is 11.8. The minimum atomic E-state index is -0.581. The van der Waals surface area contributed by atoms with Gasteiger partial charge in [0.25, 0.3) is 0 Å². The lowest BCUT2D eigenvalue weighted by Crippen LogP contribution is -2.49. The summed E-state index contributed by atoms with van der Waals surface area (Å²) in [6, 6.07) is 12.7. The number of rotatable bonds is 10. The topological polar surface area (TPSA) is 67.9 Å². The maximum absolute atomic E-state index is 13.3. The number of methoxy groups -OCH3 is 2. The molecule has 2 aromatic carbocycles. The number of aryl methyl sites for hydroxylation is 1. The number of nitrogens with one attached hydrogen (secondary N) is 1. The van der Waals surface area contributed by atoms with E-state index in [0.29, 0.717) is 29.5 Å². The van der Waals surface area contributed by atoms with Crippen LogP contribution in [0.5, 0.6) is 11.5 Å². The van der Waals surface area contributed by atoms with Crippen LogP contribution in [-0.2, 0) is 22.6 Å². The molecule has 1 aliphatic rings. The molecule has 3 rings (SSSR count). The van der Waals surface area contributed by atoms with Crippen LogP contribution >= 0.6 is 11.6 Å². The quantitative estimate of drug-likeness (QED) is 0.541. The van der Waals surface area contributed by atoms with E-state index in [9.17, 15) is 9.59 Å². The average molecular weight is 473 g/mol. The molecule has 178 valence electrons. The zero-order chi connectivity index (χ0) is 23.8. The van der Waals surface area contributed by atoms with E-state index in [2.05, 4.69) is 5.32 Å². The van der Waals surface area contributed by atoms with Gasteiger partial charge in [0.05, 0.1) is 14.2 Å². The molecule has 1 aliphatic carbocycles. The Balaban J connectivity index is 1.72. The number of amides is 2. The molecule has 1 atom stereocenters. The first-order chi connectivity index (χ1) is 15.9. The van der Waals surface area contributed by atoms with E-state index < -0.39 is 6.04 Å². The van der Waals surface area contributed by atoms with Crippen LogP contribution in [0.3, 0.4) is 0 Å². The van der Waals surface area contributed by atoms with Gasteiger partial charge in [-0.05, 0) is 61.6 Å². The minimum Gasteiger partial charge on any atom is -0.493 e. The van der Waals surface area contributed by atoms with Crippen molar-refractivity contribution in [2.24, 2.45) is 0 Å². The number of ether oxygens (including phenoxy) is 2. The highest BCUT2D eigenvalue weighted by atomic mass is 35.5. The maximum atomic E-state index is 13.3. The van der Waals surface area contributed by atoms with E-state index >= 15 is 0 Å². The summed E-state index contributed by atoms with van der Waals surface area (Å²) in [5, 5.41) is 3.73. The fraction of sp³-hybridized carbons (Fsp3) is 0.462. The van der Waals surface area contributed by atoms with Crippen molar-refractivity contribution in [1.29, 1.82) is 0 Å². The Kier molecular flexibility index (Phi) is 9.01. The van der Waals surface area contributed by atoms with Crippen LogP contribution in [0.15, 0.2) is 42.5 Å². The molecular formula is C26H33ClN2O4. The van der Waals surface area contributed by atoms with Crippen molar-refractivity contribution in [3.63, 3.8) is 0 Å². The molecule has 1 N–H and O–H groups in total. The zero-order valence-corrected chi connectivity index (χ0v) is 20.4. The molecule has 1 fully saturated rings. The van der Waals surface area contributed by atoms with Crippen LogP contribution in [-0.4, -0.2) is 43.0 Å². The zero-order valence-electron chi connectivity index (χ0n) is 19.6. The van der Waals surface area contributed by atoms with Crippen molar-refractivity contribution in [3.8, 4) is 11.5 Å². The van der Waals surface area contributed by atoms with Gasteiger partial charge >= 0.3 is 0 Å². The highest BCUT2D eigenvalue weighted by molar-refractivity contribution is 6.30. The lowest BCUT2D eigenvalue weighted by atomic mass is 10.1. The molecule has 2 aromatic rings. The standard InChI is InChI=1S/C26H33ClN2O4/c1-18(26(31)28-22-9-4-5-10-22)29(17-20-7-6-8-21(27)15-20)25(30)14-12-19-11-13-23(32-2)24(16-19)33-3/h6-8,11,13,15-16,18,22H,4-5,9-10,12,14,17H2,1-3H3,(H,28,31). The molecule has 7 heteroatoms. The van der Waals surface area contributed by atoms with Crippen LogP contribution in [0.1, 0.15) is 50.2 Å². The molecule has 0 saturated heterocycles. The Labute approximate surface area is 201 Å². The van der Waals surface area contributed by atoms with Gasteiger partial charge in [0.1, 0.15) is 6.04 Å². The van der Waals surface area contributed by atoms with E-state index in [0.717, 1.165) is 36.8 Å². The fourth-order valence-electron chi connectivity index (χ4n) is 4.24. The summed E-state index contributed by atoms with van der Waals surface area (Å²) in [6.07, 6.45) is 5.07. The van der Waals surface area contributed by atoms with E-state index in [1.807, 2.05) is 36.4 Å². The Morgan fingerprint density at radius 2 is 1.79 bits per heavy atom. The SMILES string of the molecule is COc1ccc(CCC(=O)N(Cc2cccc(Cl)c2)C(C)C(=O)NC2CCCC2)cc1OC. The predicted molar refractivity (Wildman–Crippen MR) is 130 cm³/mol. The van der Waals surface area contributed by atoms with Crippen LogP contribution in [0.25, 0.3) is 0 Å². The number of halogens is 1. The van der Waals surface area contributed by atoms with E-state index in [1.165, 1.54) is 0 Å². The first-order valence-electron chi connectivity index (χ1n) is 11.5. The third kappa shape index (κ3) is 6.87. The second-order valence-corrected chi connectivity index (χ2v) is 8.94. The minimum absolute atomic E-state index is 0.0844. The Hall–Kier alpha value is -2.73. The van der Waals surface area contributed by atoms with Gasteiger partial charge in [-0.15, -0.1) is 0 Å². The molecule has 6 nitrogen and oxygen atoms in total. The Morgan fingerprint density at radius 1 is 1.06 bits per heavy atom. The molecule has 0 aromatic heterocycles. The largest absolute Gasteiger partial charge is 0.493 e. The van der Waals surface area contributed by atoms with Gasteiger partial charge in [0, 0.05) is 24.0 Å².